The molecule has 0 bridgehead atoms. The molecule has 1 aromatic carbocycles. The highest BCUT2D eigenvalue weighted by atomic mass is 35.5. The zero-order valence-electron chi connectivity index (χ0n) is 11.6. The molecule has 110 valence electrons. The van der Waals surface area contributed by atoms with Crippen LogP contribution >= 0.6 is 11.6 Å². The highest BCUT2D eigenvalue weighted by Crippen LogP contribution is 2.11. The van der Waals surface area contributed by atoms with Gasteiger partial charge in [0.05, 0.1) is 0 Å². The first-order valence-corrected chi connectivity index (χ1v) is 6.80. The highest BCUT2D eigenvalue weighted by Gasteiger charge is 2.20. The van der Waals surface area contributed by atoms with Gasteiger partial charge >= 0.3 is 12.0 Å². The first-order valence-electron chi connectivity index (χ1n) is 6.43. The summed E-state index contributed by atoms with van der Waals surface area (Å²) in [6.07, 6.45) is 1.11. The number of amides is 2. The van der Waals surface area contributed by atoms with Crippen LogP contribution in [0.4, 0.5) is 4.79 Å². The maximum absolute atomic E-state index is 11.9. The van der Waals surface area contributed by atoms with E-state index in [0.29, 0.717) is 24.4 Å². The van der Waals surface area contributed by atoms with E-state index in [0.717, 1.165) is 5.56 Å². The Bertz CT molecular complexity index is 462. The van der Waals surface area contributed by atoms with Gasteiger partial charge < -0.3 is 15.3 Å². The van der Waals surface area contributed by atoms with E-state index in [-0.39, 0.29) is 0 Å². The van der Waals surface area contributed by atoms with Gasteiger partial charge in [-0.2, -0.15) is 0 Å². The lowest BCUT2D eigenvalue weighted by atomic mass is 10.2. The molecule has 1 rings (SSSR count). The first-order chi connectivity index (χ1) is 9.43. The van der Waals surface area contributed by atoms with Gasteiger partial charge in [-0.25, -0.2) is 9.59 Å². The third kappa shape index (κ3) is 5.09. The molecule has 0 saturated heterocycles. The molecule has 2 N–H and O–H groups in total. The van der Waals surface area contributed by atoms with Gasteiger partial charge in [-0.1, -0.05) is 37.1 Å². The number of rotatable bonds is 6. The number of carbonyl (C=O) groups is 2. The number of carboxylic acid groups (broad SMARTS) is 1. The lowest BCUT2D eigenvalue weighted by Gasteiger charge is -2.21. The SMILES string of the molecule is CCCC(NC(=O)N(C)Cc1ccc(Cl)cc1)C(=O)O. The number of halogens is 1. The summed E-state index contributed by atoms with van der Waals surface area (Å²) in [6.45, 7) is 2.26. The van der Waals surface area contributed by atoms with Gasteiger partial charge in [-0.3, -0.25) is 0 Å². The maximum atomic E-state index is 11.9. The molecule has 20 heavy (non-hydrogen) atoms. The summed E-state index contributed by atoms with van der Waals surface area (Å²) >= 11 is 5.79. The normalized spacial score (nSPS) is 11.8. The molecule has 1 aromatic rings. The molecule has 0 aliphatic heterocycles. The predicted molar refractivity (Wildman–Crippen MR) is 77.8 cm³/mol. The molecular formula is C14H19ClN2O3. The van der Waals surface area contributed by atoms with Crippen molar-refractivity contribution in [2.45, 2.75) is 32.4 Å². The van der Waals surface area contributed by atoms with Crippen molar-refractivity contribution in [1.82, 2.24) is 10.2 Å². The van der Waals surface area contributed by atoms with E-state index >= 15 is 0 Å². The average Bonchev–Trinajstić information content (AvgIpc) is 2.40. The average molecular weight is 299 g/mol. The minimum atomic E-state index is -1.01. The Labute approximate surface area is 123 Å². The van der Waals surface area contributed by atoms with E-state index in [1.165, 1.54) is 4.90 Å². The third-order valence-corrected chi connectivity index (χ3v) is 3.10. The summed E-state index contributed by atoms with van der Waals surface area (Å²) in [4.78, 5) is 24.4. The van der Waals surface area contributed by atoms with Crippen molar-refractivity contribution in [1.29, 1.82) is 0 Å². The van der Waals surface area contributed by atoms with E-state index in [4.69, 9.17) is 16.7 Å². The Morgan fingerprint density at radius 1 is 1.35 bits per heavy atom. The Kier molecular flexibility index (Phi) is 6.31. The summed E-state index contributed by atoms with van der Waals surface area (Å²) < 4.78 is 0. The van der Waals surface area contributed by atoms with Crippen molar-refractivity contribution in [3.63, 3.8) is 0 Å². The van der Waals surface area contributed by atoms with Crippen molar-refractivity contribution >= 4 is 23.6 Å². The van der Waals surface area contributed by atoms with Gasteiger partial charge in [0, 0.05) is 18.6 Å². The van der Waals surface area contributed by atoms with Gasteiger partial charge in [0.1, 0.15) is 6.04 Å². The molecule has 5 nitrogen and oxygen atoms in total. The second-order valence-corrected chi connectivity index (χ2v) is 5.05. The van der Waals surface area contributed by atoms with Crippen LogP contribution in [-0.4, -0.2) is 35.1 Å². The van der Waals surface area contributed by atoms with E-state index in [9.17, 15) is 9.59 Å². The van der Waals surface area contributed by atoms with Crippen molar-refractivity contribution in [2.24, 2.45) is 0 Å². The molecule has 1 unspecified atom stereocenters. The highest BCUT2D eigenvalue weighted by molar-refractivity contribution is 6.30. The van der Waals surface area contributed by atoms with Crippen LogP contribution < -0.4 is 5.32 Å². The van der Waals surface area contributed by atoms with Crippen LogP contribution in [0, 0.1) is 0 Å². The molecule has 0 radical (unpaired) electrons. The van der Waals surface area contributed by atoms with Gasteiger partial charge in [-0.15, -0.1) is 0 Å². The van der Waals surface area contributed by atoms with Crippen molar-refractivity contribution in [3.05, 3.63) is 34.9 Å². The van der Waals surface area contributed by atoms with Crippen molar-refractivity contribution < 1.29 is 14.7 Å². The minimum absolute atomic E-state index is 0.390. The minimum Gasteiger partial charge on any atom is -0.480 e. The molecule has 0 aromatic heterocycles. The zero-order chi connectivity index (χ0) is 15.1. The summed E-state index contributed by atoms with van der Waals surface area (Å²) in [5.41, 5.74) is 0.925. The number of urea groups is 1. The van der Waals surface area contributed by atoms with Gasteiger partial charge in [-0.05, 0) is 24.1 Å². The number of benzene rings is 1. The Morgan fingerprint density at radius 2 is 1.95 bits per heavy atom. The number of nitrogens with zero attached hydrogens (tertiary/aromatic N) is 1. The lowest BCUT2D eigenvalue weighted by Crippen LogP contribution is -2.46. The largest absolute Gasteiger partial charge is 0.480 e. The van der Waals surface area contributed by atoms with Crippen LogP contribution in [0.3, 0.4) is 0 Å². The van der Waals surface area contributed by atoms with E-state index < -0.39 is 18.0 Å². The molecule has 1 atom stereocenters. The van der Waals surface area contributed by atoms with E-state index in [2.05, 4.69) is 5.32 Å². The number of hydrogen-bond acceptors (Lipinski definition) is 2. The standard InChI is InChI=1S/C14H19ClN2O3/c1-3-4-12(13(18)19)16-14(20)17(2)9-10-5-7-11(15)8-6-10/h5-8,12H,3-4,9H2,1-2H3,(H,16,20)(H,18,19). The zero-order valence-corrected chi connectivity index (χ0v) is 12.4. The molecule has 0 aliphatic carbocycles. The second-order valence-electron chi connectivity index (χ2n) is 4.61. The predicted octanol–water partition coefficient (Wildman–Crippen LogP) is 2.73. The number of carbonyl (C=O) groups excluding carboxylic acids is 1. The Balaban J connectivity index is 2.57. The molecule has 6 heteroatoms. The first kappa shape index (κ1) is 16.3. The number of carboxylic acids is 1. The quantitative estimate of drug-likeness (QED) is 0.848. The van der Waals surface area contributed by atoms with Crippen molar-refractivity contribution in [2.75, 3.05) is 7.05 Å². The number of aliphatic carboxylic acids is 1. The van der Waals surface area contributed by atoms with Crippen LogP contribution in [-0.2, 0) is 11.3 Å². The maximum Gasteiger partial charge on any atom is 0.326 e. The van der Waals surface area contributed by atoms with Gasteiger partial charge in [0.2, 0.25) is 0 Å². The number of nitrogens with one attached hydrogen (secondary N) is 1. The van der Waals surface area contributed by atoms with Crippen LogP contribution in [0.15, 0.2) is 24.3 Å². The fourth-order valence-electron chi connectivity index (χ4n) is 1.74. The third-order valence-electron chi connectivity index (χ3n) is 2.85. The topological polar surface area (TPSA) is 69.6 Å². The lowest BCUT2D eigenvalue weighted by molar-refractivity contribution is -0.139. The molecule has 0 heterocycles. The molecule has 0 saturated carbocycles. The van der Waals surface area contributed by atoms with Crippen LogP contribution in [0.5, 0.6) is 0 Å². The van der Waals surface area contributed by atoms with E-state index in [1.54, 1.807) is 19.2 Å². The summed E-state index contributed by atoms with van der Waals surface area (Å²) in [5, 5.41) is 12.2. The summed E-state index contributed by atoms with van der Waals surface area (Å²) in [5.74, 6) is -1.01. The molecule has 0 spiro atoms. The van der Waals surface area contributed by atoms with E-state index in [1.807, 2.05) is 19.1 Å². The van der Waals surface area contributed by atoms with Gasteiger partial charge in [0.25, 0.3) is 0 Å². The second kappa shape index (κ2) is 7.75. The summed E-state index contributed by atoms with van der Waals surface area (Å²) in [7, 11) is 1.62. The van der Waals surface area contributed by atoms with Gasteiger partial charge in [0.15, 0.2) is 0 Å². The fraction of sp³-hybridized carbons (Fsp3) is 0.429. The number of hydrogen-bond donors (Lipinski definition) is 2. The molecular weight excluding hydrogens is 280 g/mol. The molecule has 0 aliphatic rings. The molecule has 2 amide bonds. The Hall–Kier alpha value is -1.75. The molecule has 0 fully saturated rings. The Morgan fingerprint density at radius 3 is 2.45 bits per heavy atom. The monoisotopic (exact) mass is 298 g/mol. The van der Waals surface area contributed by atoms with Crippen LogP contribution in [0.25, 0.3) is 0 Å². The van der Waals surface area contributed by atoms with Crippen LogP contribution in [0.1, 0.15) is 25.3 Å². The smallest absolute Gasteiger partial charge is 0.326 e. The fourth-order valence-corrected chi connectivity index (χ4v) is 1.87. The summed E-state index contributed by atoms with van der Waals surface area (Å²) in [6, 6.07) is 5.90. The van der Waals surface area contributed by atoms with Crippen LogP contribution in [0.2, 0.25) is 5.02 Å². The van der Waals surface area contributed by atoms with Crippen molar-refractivity contribution in [3.8, 4) is 0 Å².